The minimum Gasteiger partial charge on any atom is -0.488 e. The van der Waals surface area contributed by atoms with E-state index in [1.54, 1.807) is 11.3 Å². The molecular weight excluding hydrogens is 256 g/mol. The lowest BCUT2D eigenvalue weighted by molar-refractivity contribution is 0.309. The zero-order valence-corrected chi connectivity index (χ0v) is 12.3. The van der Waals surface area contributed by atoms with Gasteiger partial charge in [0, 0.05) is 12.7 Å². The van der Waals surface area contributed by atoms with Crippen molar-refractivity contribution in [1.29, 1.82) is 0 Å². The van der Waals surface area contributed by atoms with E-state index in [1.807, 2.05) is 18.3 Å². The van der Waals surface area contributed by atoms with Crippen LogP contribution in [0.5, 0.6) is 5.75 Å². The molecule has 1 aromatic heterocycles. The summed E-state index contributed by atoms with van der Waals surface area (Å²) in [5.41, 5.74) is 1.30. The molecule has 0 aliphatic carbocycles. The van der Waals surface area contributed by atoms with Crippen molar-refractivity contribution in [3.63, 3.8) is 0 Å². The lowest BCUT2D eigenvalue weighted by Gasteiger charge is -2.05. The van der Waals surface area contributed by atoms with Crippen LogP contribution in [0.3, 0.4) is 0 Å². The lowest BCUT2D eigenvalue weighted by atomic mass is 10.2. The van der Waals surface area contributed by atoms with Crippen LogP contribution >= 0.6 is 11.3 Å². The number of nitrogens with zero attached hydrogens (tertiary/aromatic N) is 1. The van der Waals surface area contributed by atoms with Crippen LogP contribution in [0.25, 0.3) is 0 Å². The van der Waals surface area contributed by atoms with Crippen LogP contribution in [-0.2, 0) is 13.0 Å². The molecule has 3 nitrogen and oxygen atoms in total. The molecule has 4 heteroatoms. The van der Waals surface area contributed by atoms with Crippen molar-refractivity contribution in [2.75, 3.05) is 11.9 Å². The van der Waals surface area contributed by atoms with Crippen molar-refractivity contribution in [2.24, 2.45) is 0 Å². The molecule has 0 unspecified atom stereocenters. The molecule has 0 radical (unpaired) electrons. The first-order valence-corrected chi connectivity index (χ1v) is 7.53. The summed E-state index contributed by atoms with van der Waals surface area (Å²) in [6, 6.07) is 8.25. The van der Waals surface area contributed by atoms with Crippen LogP contribution in [0.4, 0.5) is 5.13 Å². The molecule has 2 aromatic rings. The molecule has 19 heavy (non-hydrogen) atoms. The van der Waals surface area contributed by atoms with Crippen LogP contribution in [0.2, 0.25) is 0 Å². The maximum atomic E-state index is 5.79. The van der Waals surface area contributed by atoms with E-state index in [0.717, 1.165) is 35.1 Å². The van der Waals surface area contributed by atoms with E-state index in [4.69, 9.17) is 4.74 Å². The van der Waals surface area contributed by atoms with Crippen molar-refractivity contribution < 1.29 is 4.74 Å². The summed E-state index contributed by atoms with van der Waals surface area (Å²) in [6.45, 7) is 5.84. The minimum atomic E-state index is 0.582. The zero-order valence-electron chi connectivity index (χ0n) is 11.5. The Balaban J connectivity index is 1.89. The van der Waals surface area contributed by atoms with Crippen LogP contribution in [-0.4, -0.2) is 11.5 Å². The number of aromatic nitrogens is 1. The number of aryl methyl sites for hydroxylation is 1. The highest BCUT2D eigenvalue weighted by Gasteiger charge is 2.02. The summed E-state index contributed by atoms with van der Waals surface area (Å²) in [6.07, 6.45) is 4.02. The van der Waals surface area contributed by atoms with Gasteiger partial charge in [-0.1, -0.05) is 37.3 Å². The van der Waals surface area contributed by atoms with E-state index in [1.165, 1.54) is 5.56 Å². The monoisotopic (exact) mass is 276 g/mol. The molecule has 1 heterocycles. The molecule has 0 saturated heterocycles. The highest BCUT2D eigenvalue weighted by Crippen LogP contribution is 2.21. The van der Waals surface area contributed by atoms with Gasteiger partial charge in [-0.25, -0.2) is 4.98 Å². The number of nitrogens with one attached hydrogen (secondary N) is 1. The van der Waals surface area contributed by atoms with Crippen molar-refractivity contribution in [1.82, 2.24) is 4.98 Å². The Hall–Kier alpha value is -1.55. The third-order valence-electron chi connectivity index (χ3n) is 2.77. The molecule has 0 amide bonds. The average Bonchev–Trinajstić information content (AvgIpc) is 2.91. The number of hydrogen-bond donors (Lipinski definition) is 1. The third-order valence-corrected chi connectivity index (χ3v) is 3.70. The summed E-state index contributed by atoms with van der Waals surface area (Å²) in [4.78, 5) is 5.47. The van der Waals surface area contributed by atoms with Gasteiger partial charge < -0.3 is 10.1 Å². The summed E-state index contributed by atoms with van der Waals surface area (Å²) in [5.74, 6) is 0.927. The molecule has 0 bridgehead atoms. The second-order valence-corrected chi connectivity index (χ2v) is 5.46. The Kier molecular flexibility index (Phi) is 5.21. The second kappa shape index (κ2) is 7.14. The summed E-state index contributed by atoms with van der Waals surface area (Å²) in [7, 11) is 0. The van der Waals surface area contributed by atoms with Crippen molar-refractivity contribution in [3.05, 3.63) is 40.9 Å². The molecule has 0 saturated carbocycles. The maximum absolute atomic E-state index is 5.79. The van der Waals surface area contributed by atoms with Crippen molar-refractivity contribution in [2.45, 2.75) is 33.3 Å². The number of benzene rings is 1. The van der Waals surface area contributed by atoms with Gasteiger partial charge >= 0.3 is 0 Å². The minimum absolute atomic E-state index is 0.582. The zero-order chi connectivity index (χ0) is 13.5. The maximum Gasteiger partial charge on any atom is 0.182 e. The number of anilines is 1. The fourth-order valence-corrected chi connectivity index (χ4v) is 2.45. The number of rotatable bonds is 7. The summed E-state index contributed by atoms with van der Waals surface area (Å²) < 4.78 is 5.79. The molecule has 102 valence electrons. The molecule has 1 aromatic carbocycles. The molecule has 0 fully saturated rings. The number of thiazole rings is 1. The van der Waals surface area contributed by atoms with Crippen LogP contribution in [0.1, 0.15) is 30.7 Å². The molecule has 0 atom stereocenters. The van der Waals surface area contributed by atoms with Gasteiger partial charge in [0.2, 0.25) is 0 Å². The second-order valence-electron chi connectivity index (χ2n) is 4.35. The van der Waals surface area contributed by atoms with Gasteiger partial charge in [0.15, 0.2) is 5.13 Å². The SMILES string of the molecule is CCCNc1ncc(COc2cccc(CC)c2)s1. The van der Waals surface area contributed by atoms with Crippen LogP contribution < -0.4 is 10.1 Å². The first-order valence-electron chi connectivity index (χ1n) is 6.72. The lowest BCUT2D eigenvalue weighted by Crippen LogP contribution is -1.97. The summed E-state index contributed by atoms with van der Waals surface area (Å²) in [5, 5.41) is 4.26. The molecule has 1 N–H and O–H groups in total. The molecular formula is C15H20N2OS. The van der Waals surface area contributed by atoms with Gasteiger partial charge in [0.25, 0.3) is 0 Å². The Labute approximate surface area is 118 Å². The van der Waals surface area contributed by atoms with E-state index in [-0.39, 0.29) is 0 Å². The average molecular weight is 276 g/mol. The number of hydrogen-bond acceptors (Lipinski definition) is 4. The molecule has 2 rings (SSSR count). The fraction of sp³-hybridized carbons (Fsp3) is 0.400. The topological polar surface area (TPSA) is 34.2 Å². The van der Waals surface area contributed by atoms with E-state index < -0.39 is 0 Å². The predicted octanol–water partition coefficient (Wildman–Crippen LogP) is 4.11. The largest absolute Gasteiger partial charge is 0.488 e. The van der Waals surface area contributed by atoms with Gasteiger partial charge in [-0.2, -0.15) is 0 Å². The molecule has 0 aliphatic rings. The van der Waals surface area contributed by atoms with Gasteiger partial charge in [0.05, 0.1) is 4.88 Å². The van der Waals surface area contributed by atoms with Gasteiger partial charge in [-0.15, -0.1) is 0 Å². The van der Waals surface area contributed by atoms with Crippen molar-refractivity contribution in [3.8, 4) is 5.75 Å². The number of ether oxygens (including phenoxy) is 1. The van der Waals surface area contributed by atoms with Gasteiger partial charge in [-0.3, -0.25) is 0 Å². The summed E-state index contributed by atoms with van der Waals surface area (Å²) >= 11 is 1.65. The van der Waals surface area contributed by atoms with Crippen LogP contribution in [0, 0.1) is 0 Å². The van der Waals surface area contributed by atoms with Crippen molar-refractivity contribution >= 4 is 16.5 Å². The van der Waals surface area contributed by atoms with Gasteiger partial charge in [0.1, 0.15) is 12.4 Å². The fourth-order valence-electron chi connectivity index (χ4n) is 1.70. The smallest absolute Gasteiger partial charge is 0.182 e. The Morgan fingerprint density at radius 3 is 3.00 bits per heavy atom. The highest BCUT2D eigenvalue weighted by atomic mass is 32.1. The first kappa shape index (κ1) is 13.9. The normalized spacial score (nSPS) is 10.4. The molecule has 0 spiro atoms. The first-order chi connectivity index (χ1) is 9.31. The Morgan fingerprint density at radius 1 is 1.32 bits per heavy atom. The quantitative estimate of drug-likeness (QED) is 0.826. The molecule has 0 aliphatic heterocycles. The Morgan fingerprint density at radius 2 is 2.21 bits per heavy atom. The van der Waals surface area contributed by atoms with E-state index in [2.05, 4.69) is 36.3 Å². The van der Waals surface area contributed by atoms with Crippen LogP contribution in [0.15, 0.2) is 30.5 Å². The third kappa shape index (κ3) is 4.24. The highest BCUT2D eigenvalue weighted by molar-refractivity contribution is 7.15. The predicted molar refractivity (Wildman–Crippen MR) is 81.0 cm³/mol. The van der Waals surface area contributed by atoms with Gasteiger partial charge in [-0.05, 0) is 30.5 Å². The standard InChI is InChI=1S/C15H20N2OS/c1-3-8-16-15-17-10-14(19-15)11-18-13-7-5-6-12(4-2)9-13/h5-7,9-10H,3-4,8,11H2,1-2H3,(H,16,17). The van der Waals surface area contributed by atoms with E-state index >= 15 is 0 Å². The van der Waals surface area contributed by atoms with E-state index in [0.29, 0.717) is 6.61 Å². The van der Waals surface area contributed by atoms with E-state index in [9.17, 15) is 0 Å². The Bertz CT molecular complexity index is 510.